The molecule has 0 unspecified atom stereocenters. The van der Waals surface area contributed by atoms with Crippen LogP contribution in [-0.4, -0.2) is 10.2 Å². The Morgan fingerprint density at radius 3 is 2.82 bits per heavy atom. The highest BCUT2D eigenvalue weighted by Crippen LogP contribution is 2.23. The van der Waals surface area contributed by atoms with E-state index in [1.807, 2.05) is 25.1 Å². The largest absolute Gasteiger partial charge is 0.422 e. The highest BCUT2D eigenvalue weighted by Gasteiger charge is 2.11. The molecular weight excluding hydrogens is 236 g/mol. The Labute approximate surface area is 101 Å². The molecule has 0 radical (unpaired) electrons. The zero-order chi connectivity index (χ0) is 11.8. The van der Waals surface area contributed by atoms with E-state index in [1.54, 1.807) is 12.1 Å². The van der Waals surface area contributed by atoms with Crippen LogP contribution >= 0.6 is 11.3 Å². The summed E-state index contributed by atoms with van der Waals surface area (Å²) in [6.45, 7) is 1.85. The van der Waals surface area contributed by atoms with E-state index in [2.05, 4.69) is 10.2 Å². The number of hydrogen-bond acceptors (Lipinski definition) is 5. The van der Waals surface area contributed by atoms with E-state index in [4.69, 9.17) is 4.42 Å². The van der Waals surface area contributed by atoms with Gasteiger partial charge in [-0.25, -0.2) is 4.79 Å². The fourth-order valence-corrected chi connectivity index (χ4v) is 2.31. The van der Waals surface area contributed by atoms with Crippen molar-refractivity contribution in [2.45, 2.75) is 6.92 Å². The minimum Gasteiger partial charge on any atom is -0.422 e. The predicted molar refractivity (Wildman–Crippen MR) is 66.1 cm³/mol. The molecule has 5 heteroatoms. The molecule has 17 heavy (non-hydrogen) atoms. The lowest BCUT2D eigenvalue weighted by Gasteiger charge is -1.97. The van der Waals surface area contributed by atoms with Gasteiger partial charge < -0.3 is 4.42 Å². The van der Waals surface area contributed by atoms with Gasteiger partial charge in [0.2, 0.25) is 0 Å². The number of nitrogens with zero attached hydrogens (tertiary/aromatic N) is 2. The Morgan fingerprint density at radius 2 is 2.06 bits per heavy atom. The number of benzene rings is 1. The average molecular weight is 244 g/mol. The first-order valence-corrected chi connectivity index (χ1v) is 5.89. The maximum atomic E-state index is 11.8. The molecule has 3 aromatic rings. The van der Waals surface area contributed by atoms with Gasteiger partial charge >= 0.3 is 5.63 Å². The number of aryl methyl sites for hydroxylation is 1. The van der Waals surface area contributed by atoms with E-state index in [-0.39, 0.29) is 5.63 Å². The van der Waals surface area contributed by atoms with Crippen molar-refractivity contribution < 1.29 is 4.42 Å². The van der Waals surface area contributed by atoms with Crippen LogP contribution in [0.2, 0.25) is 0 Å². The van der Waals surface area contributed by atoms with Crippen molar-refractivity contribution in [3.8, 4) is 10.6 Å². The fraction of sp³-hybridized carbons (Fsp3) is 0.0833. The van der Waals surface area contributed by atoms with E-state index in [0.717, 1.165) is 10.4 Å². The molecule has 0 saturated carbocycles. The molecule has 0 aliphatic carbocycles. The van der Waals surface area contributed by atoms with Gasteiger partial charge in [-0.05, 0) is 19.1 Å². The third-order valence-corrected chi connectivity index (χ3v) is 3.27. The molecule has 1 aromatic carbocycles. The molecule has 0 N–H and O–H groups in total. The van der Waals surface area contributed by atoms with Gasteiger partial charge in [0.15, 0.2) is 5.01 Å². The molecule has 4 nitrogen and oxygen atoms in total. The second kappa shape index (κ2) is 3.78. The molecule has 2 aromatic heterocycles. The first-order valence-electron chi connectivity index (χ1n) is 5.07. The van der Waals surface area contributed by atoms with Crippen LogP contribution in [-0.2, 0) is 0 Å². The molecule has 3 rings (SSSR count). The molecular formula is C12H8N2O2S. The quantitative estimate of drug-likeness (QED) is 0.617. The summed E-state index contributed by atoms with van der Waals surface area (Å²) >= 11 is 1.38. The minimum absolute atomic E-state index is 0.375. The Bertz CT molecular complexity index is 745. The van der Waals surface area contributed by atoms with Gasteiger partial charge in [-0.1, -0.05) is 29.5 Å². The summed E-state index contributed by atoms with van der Waals surface area (Å²) in [5.74, 6) is 0. The normalized spacial score (nSPS) is 10.9. The molecule has 0 saturated heterocycles. The van der Waals surface area contributed by atoms with Crippen molar-refractivity contribution in [3.05, 3.63) is 45.8 Å². The van der Waals surface area contributed by atoms with Gasteiger partial charge in [0.1, 0.15) is 10.6 Å². The lowest BCUT2D eigenvalue weighted by atomic mass is 10.2. The smallest absolute Gasteiger partial charge is 0.346 e. The van der Waals surface area contributed by atoms with Crippen molar-refractivity contribution >= 4 is 22.3 Å². The second-order valence-corrected chi connectivity index (χ2v) is 4.79. The predicted octanol–water partition coefficient (Wildman–Crippen LogP) is 2.62. The molecule has 84 valence electrons. The van der Waals surface area contributed by atoms with Crippen LogP contribution in [0.4, 0.5) is 0 Å². The summed E-state index contributed by atoms with van der Waals surface area (Å²) < 4.78 is 5.24. The summed E-state index contributed by atoms with van der Waals surface area (Å²) in [6, 6.07) is 9.19. The van der Waals surface area contributed by atoms with E-state index in [9.17, 15) is 4.79 Å². The first kappa shape index (κ1) is 10.2. The van der Waals surface area contributed by atoms with Crippen LogP contribution < -0.4 is 5.63 Å². The van der Waals surface area contributed by atoms with Crippen LogP contribution in [0.5, 0.6) is 0 Å². The molecule has 0 aliphatic heterocycles. The molecule has 0 bridgehead atoms. The van der Waals surface area contributed by atoms with Crippen molar-refractivity contribution in [2.24, 2.45) is 0 Å². The third-order valence-electron chi connectivity index (χ3n) is 2.40. The number of hydrogen-bond donors (Lipinski definition) is 0. The molecule has 0 amide bonds. The number of para-hydroxylation sites is 1. The average Bonchev–Trinajstić information content (AvgIpc) is 2.75. The maximum absolute atomic E-state index is 11.8. The fourth-order valence-electron chi connectivity index (χ4n) is 1.62. The van der Waals surface area contributed by atoms with Crippen molar-refractivity contribution in [1.29, 1.82) is 0 Å². The van der Waals surface area contributed by atoms with E-state index in [0.29, 0.717) is 16.2 Å². The molecule has 0 fully saturated rings. The van der Waals surface area contributed by atoms with E-state index >= 15 is 0 Å². The zero-order valence-electron chi connectivity index (χ0n) is 9.01. The minimum atomic E-state index is -0.375. The van der Waals surface area contributed by atoms with Gasteiger partial charge in [-0.15, -0.1) is 10.2 Å². The van der Waals surface area contributed by atoms with Crippen LogP contribution in [0, 0.1) is 6.92 Å². The molecule has 0 spiro atoms. The van der Waals surface area contributed by atoms with Crippen molar-refractivity contribution in [1.82, 2.24) is 10.2 Å². The van der Waals surface area contributed by atoms with Gasteiger partial charge in [0.25, 0.3) is 0 Å². The Morgan fingerprint density at radius 1 is 1.24 bits per heavy atom. The Balaban J connectivity index is 2.30. The van der Waals surface area contributed by atoms with Gasteiger partial charge in [0.05, 0.1) is 5.56 Å². The van der Waals surface area contributed by atoms with E-state index < -0.39 is 0 Å². The van der Waals surface area contributed by atoms with Crippen LogP contribution in [0.15, 0.2) is 39.5 Å². The molecule has 0 atom stereocenters. The van der Waals surface area contributed by atoms with Gasteiger partial charge in [0, 0.05) is 5.39 Å². The topological polar surface area (TPSA) is 56.0 Å². The van der Waals surface area contributed by atoms with Crippen LogP contribution in [0.25, 0.3) is 21.5 Å². The summed E-state index contributed by atoms with van der Waals surface area (Å²) in [5, 5.41) is 10.2. The Kier molecular flexibility index (Phi) is 2.26. The highest BCUT2D eigenvalue weighted by molar-refractivity contribution is 7.14. The first-order chi connectivity index (χ1) is 8.24. The van der Waals surface area contributed by atoms with Crippen LogP contribution in [0.1, 0.15) is 5.01 Å². The number of rotatable bonds is 1. The number of fused-ring (bicyclic) bond motifs is 1. The summed E-state index contributed by atoms with van der Waals surface area (Å²) in [6.07, 6.45) is 0. The molecule has 0 aliphatic rings. The second-order valence-electron chi connectivity index (χ2n) is 3.61. The monoisotopic (exact) mass is 244 g/mol. The van der Waals surface area contributed by atoms with Gasteiger partial charge in [-0.3, -0.25) is 0 Å². The SMILES string of the molecule is Cc1nnc(-c2cc3ccccc3oc2=O)s1. The number of aromatic nitrogens is 2. The standard InChI is InChI=1S/C12H8N2O2S/c1-7-13-14-11(17-7)9-6-8-4-2-3-5-10(8)16-12(9)15/h2-6H,1H3. The highest BCUT2D eigenvalue weighted by atomic mass is 32.1. The lowest BCUT2D eigenvalue weighted by Crippen LogP contribution is -2.02. The third kappa shape index (κ3) is 1.74. The van der Waals surface area contributed by atoms with Crippen molar-refractivity contribution in [2.75, 3.05) is 0 Å². The molecule has 2 heterocycles. The summed E-state index contributed by atoms with van der Waals surface area (Å²) in [7, 11) is 0. The summed E-state index contributed by atoms with van der Waals surface area (Å²) in [4.78, 5) is 11.8. The van der Waals surface area contributed by atoms with Crippen molar-refractivity contribution in [3.63, 3.8) is 0 Å². The summed E-state index contributed by atoms with van der Waals surface area (Å²) in [5.41, 5.74) is 0.677. The maximum Gasteiger partial charge on any atom is 0.346 e. The Hall–Kier alpha value is -2.01. The van der Waals surface area contributed by atoms with Gasteiger partial charge in [-0.2, -0.15) is 0 Å². The zero-order valence-corrected chi connectivity index (χ0v) is 9.82. The van der Waals surface area contributed by atoms with E-state index in [1.165, 1.54) is 11.3 Å². The lowest BCUT2D eigenvalue weighted by molar-refractivity contribution is 0.563. The van der Waals surface area contributed by atoms with Crippen LogP contribution in [0.3, 0.4) is 0 Å².